The second-order valence-corrected chi connectivity index (χ2v) is 8.67. The van der Waals surface area contributed by atoms with E-state index in [1.54, 1.807) is 6.07 Å². The van der Waals surface area contributed by atoms with Gasteiger partial charge in [-0.05, 0) is 43.4 Å². The van der Waals surface area contributed by atoms with Crippen LogP contribution in [0.1, 0.15) is 37.1 Å². The molecule has 33 heavy (non-hydrogen) atoms. The van der Waals surface area contributed by atoms with Gasteiger partial charge in [0.05, 0.1) is 29.5 Å². The maximum atomic E-state index is 12.3. The SMILES string of the molecule is O=c1[nH]c(CC(NCc2ccc(Cl)c(Cl)c2)OCCCOC2CCCCO2)nc2cn[nH]c12. The number of halogens is 2. The standard InChI is InChI=1S/C22H27Cl2N5O4/c23-15-6-5-14(10-16(15)24)12-25-19(31-8-3-9-33-20-4-1-2-7-32-20)11-18-27-17-13-26-29-21(17)22(30)28-18/h5-6,10,13,19-20,25H,1-4,7-9,11-12H2,(H,26,29)(H,27,28,30). The fourth-order valence-electron chi connectivity index (χ4n) is 3.58. The second-order valence-electron chi connectivity index (χ2n) is 7.86. The number of aromatic nitrogens is 4. The molecule has 0 saturated carbocycles. The number of hydrogen-bond acceptors (Lipinski definition) is 7. The molecule has 0 aliphatic carbocycles. The van der Waals surface area contributed by atoms with E-state index < -0.39 is 6.23 Å². The summed E-state index contributed by atoms with van der Waals surface area (Å²) in [6.07, 6.45) is 5.27. The molecule has 9 nitrogen and oxygen atoms in total. The van der Waals surface area contributed by atoms with Crippen molar-refractivity contribution in [2.24, 2.45) is 0 Å². The first kappa shape index (κ1) is 24.1. The summed E-state index contributed by atoms with van der Waals surface area (Å²) < 4.78 is 17.4. The molecule has 1 aromatic carbocycles. The lowest BCUT2D eigenvalue weighted by Crippen LogP contribution is -2.35. The molecule has 4 rings (SSSR count). The Morgan fingerprint density at radius 3 is 2.97 bits per heavy atom. The van der Waals surface area contributed by atoms with E-state index in [2.05, 4.69) is 25.5 Å². The van der Waals surface area contributed by atoms with Gasteiger partial charge in [-0.25, -0.2) is 4.98 Å². The highest BCUT2D eigenvalue weighted by Gasteiger charge is 2.16. The van der Waals surface area contributed by atoms with E-state index in [9.17, 15) is 4.79 Å². The number of ether oxygens (including phenoxy) is 3. The number of H-pyrrole nitrogens is 2. The Balaban J connectivity index is 1.34. The van der Waals surface area contributed by atoms with Gasteiger partial charge in [0, 0.05) is 19.6 Å². The molecule has 0 spiro atoms. The van der Waals surface area contributed by atoms with Crippen LogP contribution < -0.4 is 10.9 Å². The number of nitrogens with zero attached hydrogens (tertiary/aromatic N) is 2. The monoisotopic (exact) mass is 495 g/mol. The zero-order valence-corrected chi connectivity index (χ0v) is 19.6. The minimum Gasteiger partial charge on any atom is -0.363 e. The van der Waals surface area contributed by atoms with E-state index in [0.717, 1.165) is 37.9 Å². The lowest BCUT2D eigenvalue weighted by molar-refractivity contribution is -0.164. The number of nitrogens with one attached hydrogen (secondary N) is 3. The van der Waals surface area contributed by atoms with Crippen molar-refractivity contribution >= 4 is 34.2 Å². The summed E-state index contributed by atoms with van der Waals surface area (Å²) in [7, 11) is 0. The largest absolute Gasteiger partial charge is 0.363 e. The molecule has 3 aromatic rings. The van der Waals surface area contributed by atoms with Crippen molar-refractivity contribution in [3.63, 3.8) is 0 Å². The zero-order chi connectivity index (χ0) is 23.0. The van der Waals surface area contributed by atoms with Crippen molar-refractivity contribution in [2.75, 3.05) is 19.8 Å². The Bertz CT molecular complexity index is 1100. The highest BCUT2D eigenvalue weighted by molar-refractivity contribution is 6.42. The first-order chi connectivity index (χ1) is 16.1. The Labute approximate surface area is 201 Å². The molecular weight excluding hydrogens is 469 g/mol. The third kappa shape index (κ3) is 6.99. The van der Waals surface area contributed by atoms with Gasteiger partial charge < -0.3 is 19.2 Å². The minimum atomic E-state index is -0.391. The molecule has 11 heteroatoms. The number of rotatable bonds is 11. The lowest BCUT2D eigenvalue weighted by atomic mass is 10.2. The van der Waals surface area contributed by atoms with Gasteiger partial charge in [0.25, 0.3) is 5.56 Å². The van der Waals surface area contributed by atoms with E-state index >= 15 is 0 Å². The topological polar surface area (TPSA) is 114 Å². The van der Waals surface area contributed by atoms with Crippen LogP contribution in [0, 0.1) is 0 Å². The van der Waals surface area contributed by atoms with Gasteiger partial charge in [0.1, 0.15) is 23.1 Å². The number of benzene rings is 1. The smallest absolute Gasteiger partial charge is 0.276 e. The quantitative estimate of drug-likeness (QED) is 0.275. The third-order valence-electron chi connectivity index (χ3n) is 5.31. The summed E-state index contributed by atoms with van der Waals surface area (Å²) >= 11 is 12.1. The van der Waals surface area contributed by atoms with Gasteiger partial charge in [-0.2, -0.15) is 5.10 Å². The van der Waals surface area contributed by atoms with Crippen molar-refractivity contribution in [2.45, 2.75) is 51.2 Å². The van der Waals surface area contributed by atoms with Crippen molar-refractivity contribution in [1.82, 2.24) is 25.5 Å². The van der Waals surface area contributed by atoms with Crippen LogP contribution in [0.2, 0.25) is 10.0 Å². The highest BCUT2D eigenvalue weighted by atomic mass is 35.5. The molecule has 3 heterocycles. The van der Waals surface area contributed by atoms with Crippen LogP contribution in [0.5, 0.6) is 0 Å². The Morgan fingerprint density at radius 2 is 2.15 bits per heavy atom. The molecule has 1 aliphatic rings. The Kier molecular flexibility index (Phi) is 8.71. The minimum absolute atomic E-state index is 0.113. The molecule has 3 N–H and O–H groups in total. The molecule has 0 amide bonds. The van der Waals surface area contributed by atoms with Gasteiger partial charge in [0.2, 0.25) is 0 Å². The third-order valence-corrected chi connectivity index (χ3v) is 6.04. The van der Waals surface area contributed by atoms with Gasteiger partial charge in [-0.3, -0.25) is 15.2 Å². The zero-order valence-electron chi connectivity index (χ0n) is 18.1. The van der Waals surface area contributed by atoms with Crippen molar-refractivity contribution in [3.05, 3.63) is 56.2 Å². The van der Waals surface area contributed by atoms with E-state index in [1.807, 2.05) is 12.1 Å². The van der Waals surface area contributed by atoms with Crippen LogP contribution in [-0.2, 0) is 27.2 Å². The van der Waals surface area contributed by atoms with E-state index in [4.69, 9.17) is 37.4 Å². The van der Waals surface area contributed by atoms with E-state index in [0.29, 0.717) is 53.1 Å². The van der Waals surface area contributed by atoms with Gasteiger partial charge in [-0.15, -0.1) is 0 Å². The number of fused-ring (bicyclic) bond motifs is 1. The summed E-state index contributed by atoms with van der Waals surface area (Å²) in [5, 5.41) is 10.9. The van der Waals surface area contributed by atoms with Crippen LogP contribution in [0.15, 0.2) is 29.2 Å². The Morgan fingerprint density at radius 1 is 1.24 bits per heavy atom. The summed E-state index contributed by atoms with van der Waals surface area (Å²) in [5.41, 5.74) is 1.55. The van der Waals surface area contributed by atoms with Crippen molar-refractivity contribution in [3.8, 4) is 0 Å². The molecule has 0 radical (unpaired) electrons. The van der Waals surface area contributed by atoms with Gasteiger partial charge >= 0.3 is 0 Å². The first-order valence-corrected chi connectivity index (χ1v) is 11.8. The average Bonchev–Trinajstić information content (AvgIpc) is 3.29. The fourth-order valence-corrected chi connectivity index (χ4v) is 3.90. The molecule has 178 valence electrons. The molecule has 0 bridgehead atoms. The molecular formula is C22H27Cl2N5O4. The molecule has 2 unspecified atom stereocenters. The summed E-state index contributed by atoms with van der Waals surface area (Å²) in [6.45, 7) is 2.30. The second kappa shape index (κ2) is 11.9. The van der Waals surface area contributed by atoms with Crippen LogP contribution in [0.4, 0.5) is 0 Å². The van der Waals surface area contributed by atoms with Crippen LogP contribution in [-0.4, -0.2) is 52.5 Å². The van der Waals surface area contributed by atoms with Crippen LogP contribution in [0.3, 0.4) is 0 Å². The first-order valence-electron chi connectivity index (χ1n) is 11.0. The molecule has 2 atom stereocenters. The molecule has 2 aromatic heterocycles. The lowest BCUT2D eigenvalue weighted by Gasteiger charge is -2.23. The summed E-state index contributed by atoms with van der Waals surface area (Å²) in [4.78, 5) is 19.5. The highest BCUT2D eigenvalue weighted by Crippen LogP contribution is 2.22. The van der Waals surface area contributed by atoms with Crippen molar-refractivity contribution in [1.29, 1.82) is 0 Å². The van der Waals surface area contributed by atoms with E-state index in [-0.39, 0.29) is 11.8 Å². The van der Waals surface area contributed by atoms with Gasteiger partial charge in [0.15, 0.2) is 6.29 Å². The van der Waals surface area contributed by atoms with Crippen LogP contribution in [0.25, 0.3) is 11.0 Å². The summed E-state index contributed by atoms with van der Waals surface area (Å²) in [5.74, 6) is 0.507. The average molecular weight is 496 g/mol. The predicted octanol–water partition coefficient (Wildman–Crippen LogP) is 3.56. The Hall–Kier alpha value is -2.01. The normalized spacial score (nSPS) is 17.5. The maximum absolute atomic E-state index is 12.3. The van der Waals surface area contributed by atoms with Crippen molar-refractivity contribution < 1.29 is 14.2 Å². The maximum Gasteiger partial charge on any atom is 0.276 e. The van der Waals surface area contributed by atoms with E-state index in [1.165, 1.54) is 6.20 Å². The molecule has 1 aliphatic heterocycles. The van der Waals surface area contributed by atoms with Crippen LogP contribution >= 0.6 is 23.2 Å². The number of aromatic amines is 2. The molecule has 1 fully saturated rings. The molecule has 1 saturated heterocycles. The summed E-state index contributed by atoms with van der Waals surface area (Å²) in [6, 6.07) is 5.46. The number of hydrogen-bond donors (Lipinski definition) is 3. The van der Waals surface area contributed by atoms with Gasteiger partial charge in [-0.1, -0.05) is 29.3 Å². The predicted molar refractivity (Wildman–Crippen MR) is 125 cm³/mol. The fraction of sp³-hybridized carbons (Fsp3) is 0.500.